The lowest BCUT2D eigenvalue weighted by Gasteiger charge is -2.13. The summed E-state index contributed by atoms with van der Waals surface area (Å²) in [5.74, 6) is -0.738. The molecule has 0 aromatic rings. The summed E-state index contributed by atoms with van der Waals surface area (Å²) in [5, 5.41) is 17.3. The summed E-state index contributed by atoms with van der Waals surface area (Å²) in [6.07, 6.45) is 4.09. The van der Waals surface area contributed by atoms with Gasteiger partial charge in [0.05, 0.1) is 18.4 Å². The first-order valence-corrected chi connectivity index (χ1v) is 5.21. The average Bonchev–Trinajstić information content (AvgIpc) is 2.12. The molecule has 3 nitrogen and oxygen atoms in total. The van der Waals surface area contributed by atoms with E-state index in [-0.39, 0.29) is 12.3 Å². The number of hydrogen-bond acceptors (Lipinski definition) is 2. The molecule has 0 amide bonds. The van der Waals surface area contributed by atoms with Gasteiger partial charge in [-0.2, -0.15) is 5.26 Å². The third kappa shape index (κ3) is 6.47. The van der Waals surface area contributed by atoms with E-state index in [9.17, 15) is 4.79 Å². The predicted octanol–water partition coefficient (Wildman–Crippen LogP) is 2.82. The summed E-state index contributed by atoms with van der Waals surface area (Å²) in [6.45, 7) is 4.22. The summed E-state index contributed by atoms with van der Waals surface area (Å²) < 4.78 is 0. The maximum atomic E-state index is 10.4. The minimum atomic E-state index is -0.876. The Labute approximate surface area is 85.7 Å². The second-order valence-electron chi connectivity index (χ2n) is 3.91. The standard InChI is InChI=1S/C11H19NO2/c1-3-4-5-9(2)6-10(8-12)7-11(13)14/h9-10H,3-7H2,1-2H3,(H,13,14)/t9?,10-/m0/s1. The van der Waals surface area contributed by atoms with E-state index in [2.05, 4.69) is 19.9 Å². The topological polar surface area (TPSA) is 61.1 Å². The van der Waals surface area contributed by atoms with Crippen LogP contribution in [-0.4, -0.2) is 11.1 Å². The Morgan fingerprint density at radius 1 is 1.57 bits per heavy atom. The van der Waals surface area contributed by atoms with Crippen LogP contribution in [0.1, 0.15) is 46.0 Å². The van der Waals surface area contributed by atoms with Gasteiger partial charge in [0.1, 0.15) is 0 Å². The summed E-state index contributed by atoms with van der Waals surface area (Å²) >= 11 is 0. The number of carboxylic acids is 1. The Bertz CT molecular complexity index is 208. The van der Waals surface area contributed by atoms with E-state index >= 15 is 0 Å². The van der Waals surface area contributed by atoms with E-state index in [1.807, 2.05) is 0 Å². The van der Waals surface area contributed by atoms with Crippen LogP contribution in [0.2, 0.25) is 0 Å². The molecule has 0 heterocycles. The lowest BCUT2D eigenvalue weighted by atomic mass is 9.91. The molecule has 1 unspecified atom stereocenters. The fourth-order valence-electron chi connectivity index (χ4n) is 1.55. The van der Waals surface area contributed by atoms with Crippen LogP contribution in [0.3, 0.4) is 0 Å². The zero-order valence-electron chi connectivity index (χ0n) is 8.99. The third-order valence-corrected chi connectivity index (χ3v) is 2.34. The van der Waals surface area contributed by atoms with Crippen LogP contribution in [0.4, 0.5) is 0 Å². The van der Waals surface area contributed by atoms with E-state index in [1.54, 1.807) is 0 Å². The summed E-state index contributed by atoms with van der Waals surface area (Å²) in [6, 6.07) is 2.06. The quantitative estimate of drug-likeness (QED) is 0.682. The fraction of sp³-hybridized carbons (Fsp3) is 0.818. The minimum absolute atomic E-state index is 0.0209. The summed E-state index contributed by atoms with van der Waals surface area (Å²) in [7, 11) is 0. The van der Waals surface area contributed by atoms with Gasteiger partial charge in [-0.15, -0.1) is 0 Å². The van der Waals surface area contributed by atoms with Crippen LogP contribution < -0.4 is 0 Å². The molecule has 0 aliphatic carbocycles. The molecule has 0 rings (SSSR count). The van der Waals surface area contributed by atoms with Crippen molar-refractivity contribution in [1.29, 1.82) is 5.26 Å². The number of hydrogen-bond donors (Lipinski definition) is 1. The first kappa shape index (κ1) is 13.0. The van der Waals surface area contributed by atoms with Crippen LogP contribution in [0.15, 0.2) is 0 Å². The number of nitrogens with zero attached hydrogens (tertiary/aromatic N) is 1. The van der Waals surface area contributed by atoms with Crippen LogP contribution in [-0.2, 0) is 4.79 Å². The molecule has 0 fully saturated rings. The maximum Gasteiger partial charge on any atom is 0.304 e. The average molecular weight is 197 g/mol. The van der Waals surface area contributed by atoms with Crippen molar-refractivity contribution in [1.82, 2.24) is 0 Å². The number of aliphatic carboxylic acids is 1. The zero-order chi connectivity index (χ0) is 11.0. The predicted molar refractivity (Wildman–Crippen MR) is 54.7 cm³/mol. The largest absolute Gasteiger partial charge is 0.481 e. The van der Waals surface area contributed by atoms with Crippen molar-refractivity contribution in [3.8, 4) is 6.07 Å². The normalized spacial score (nSPS) is 14.4. The van der Waals surface area contributed by atoms with E-state index in [4.69, 9.17) is 10.4 Å². The maximum absolute atomic E-state index is 10.4. The number of carbonyl (C=O) groups is 1. The van der Waals surface area contributed by atoms with Crippen molar-refractivity contribution in [2.45, 2.75) is 46.0 Å². The fourth-order valence-corrected chi connectivity index (χ4v) is 1.55. The zero-order valence-corrected chi connectivity index (χ0v) is 8.99. The molecule has 2 atom stereocenters. The van der Waals surface area contributed by atoms with Crippen LogP contribution >= 0.6 is 0 Å². The molecule has 0 saturated carbocycles. The van der Waals surface area contributed by atoms with Crippen molar-refractivity contribution in [3.05, 3.63) is 0 Å². The van der Waals surface area contributed by atoms with Crippen molar-refractivity contribution < 1.29 is 9.90 Å². The van der Waals surface area contributed by atoms with Crippen LogP contribution in [0.25, 0.3) is 0 Å². The number of carboxylic acid groups (broad SMARTS) is 1. The molecule has 14 heavy (non-hydrogen) atoms. The number of nitriles is 1. The molecular formula is C11H19NO2. The van der Waals surface area contributed by atoms with E-state index in [1.165, 1.54) is 0 Å². The molecule has 1 N–H and O–H groups in total. The second kappa shape index (κ2) is 7.37. The van der Waals surface area contributed by atoms with Gasteiger partial charge in [0.2, 0.25) is 0 Å². The molecule has 0 bridgehead atoms. The van der Waals surface area contributed by atoms with Gasteiger partial charge in [0.15, 0.2) is 0 Å². The molecular weight excluding hydrogens is 178 g/mol. The Hall–Kier alpha value is -1.04. The second-order valence-corrected chi connectivity index (χ2v) is 3.91. The highest BCUT2D eigenvalue weighted by Crippen LogP contribution is 2.19. The van der Waals surface area contributed by atoms with Crippen molar-refractivity contribution in [2.75, 3.05) is 0 Å². The molecule has 0 aromatic carbocycles. The van der Waals surface area contributed by atoms with Gasteiger partial charge in [-0.3, -0.25) is 4.79 Å². The molecule has 3 heteroatoms. The first-order valence-electron chi connectivity index (χ1n) is 5.21. The third-order valence-electron chi connectivity index (χ3n) is 2.34. The molecule has 0 aromatic heterocycles. The molecule has 0 spiro atoms. The molecule has 0 saturated heterocycles. The Morgan fingerprint density at radius 2 is 2.21 bits per heavy atom. The van der Waals surface area contributed by atoms with Crippen molar-refractivity contribution in [2.24, 2.45) is 11.8 Å². The molecule has 80 valence electrons. The Balaban J connectivity index is 3.81. The monoisotopic (exact) mass is 197 g/mol. The van der Waals surface area contributed by atoms with E-state index < -0.39 is 5.97 Å². The minimum Gasteiger partial charge on any atom is -0.481 e. The Kier molecular flexibility index (Phi) is 6.82. The van der Waals surface area contributed by atoms with Crippen LogP contribution in [0.5, 0.6) is 0 Å². The highest BCUT2D eigenvalue weighted by atomic mass is 16.4. The Morgan fingerprint density at radius 3 is 2.64 bits per heavy atom. The molecule has 0 radical (unpaired) electrons. The lowest BCUT2D eigenvalue weighted by molar-refractivity contribution is -0.137. The smallest absolute Gasteiger partial charge is 0.304 e. The van der Waals surface area contributed by atoms with E-state index in [0.717, 1.165) is 19.3 Å². The van der Waals surface area contributed by atoms with Gasteiger partial charge >= 0.3 is 5.97 Å². The highest BCUT2D eigenvalue weighted by molar-refractivity contribution is 5.67. The van der Waals surface area contributed by atoms with Crippen LogP contribution in [0, 0.1) is 23.2 Å². The van der Waals surface area contributed by atoms with Crippen molar-refractivity contribution in [3.63, 3.8) is 0 Å². The number of rotatable bonds is 7. The summed E-state index contributed by atoms with van der Waals surface area (Å²) in [5.41, 5.74) is 0. The highest BCUT2D eigenvalue weighted by Gasteiger charge is 2.15. The van der Waals surface area contributed by atoms with Gasteiger partial charge in [0, 0.05) is 0 Å². The van der Waals surface area contributed by atoms with Gasteiger partial charge in [-0.1, -0.05) is 33.1 Å². The molecule has 0 aliphatic rings. The summed E-state index contributed by atoms with van der Waals surface area (Å²) in [4.78, 5) is 10.4. The molecule has 0 aliphatic heterocycles. The van der Waals surface area contributed by atoms with Gasteiger partial charge in [0.25, 0.3) is 0 Å². The number of unbranched alkanes of at least 4 members (excludes halogenated alkanes) is 1. The van der Waals surface area contributed by atoms with Gasteiger partial charge in [-0.05, 0) is 12.3 Å². The SMILES string of the molecule is CCCCC(C)C[C@H](C#N)CC(=O)O. The lowest BCUT2D eigenvalue weighted by Crippen LogP contribution is -2.10. The first-order chi connectivity index (χ1) is 6.60. The van der Waals surface area contributed by atoms with Gasteiger partial charge < -0.3 is 5.11 Å². The van der Waals surface area contributed by atoms with Gasteiger partial charge in [-0.25, -0.2) is 0 Å². The van der Waals surface area contributed by atoms with E-state index in [0.29, 0.717) is 12.3 Å². The van der Waals surface area contributed by atoms with Crippen molar-refractivity contribution >= 4 is 5.97 Å².